The van der Waals surface area contributed by atoms with Crippen molar-refractivity contribution in [2.75, 3.05) is 0 Å². The largest absolute Gasteiger partial charge is 0.309 e. The normalized spacial score (nSPS) is 11.7. The highest BCUT2D eigenvalue weighted by Gasteiger charge is 2.16. The van der Waals surface area contributed by atoms with Crippen LogP contribution in [-0.4, -0.2) is 9.13 Å². The minimum atomic E-state index is 1.15. The fraction of sp³-hybridized carbons (Fsp3) is 0. The molecule has 2 aromatic heterocycles. The zero-order valence-electron chi connectivity index (χ0n) is 29.5. The number of aromatic nitrogens is 2. The summed E-state index contributed by atoms with van der Waals surface area (Å²) < 4.78 is 4.79. The van der Waals surface area contributed by atoms with Crippen LogP contribution in [0.3, 0.4) is 0 Å². The van der Waals surface area contributed by atoms with Crippen molar-refractivity contribution < 1.29 is 0 Å². The van der Waals surface area contributed by atoms with E-state index in [4.69, 9.17) is 0 Å². The Morgan fingerprint density at radius 3 is 1.39 bits per heavy atom. The van der Waals surface area contributed by atoms with Gasteiger partial charge in [0, 0.05) is 32.9 Å². The molecule has 0 aliphatic heterocycles. The van der Waals surface area contributed by atoms with Crippen molar-refractivity contribution in [2.45, 2.75) is 0 Å². The van der Waals surface area contributed by atoms with E-state index in [0.717, 1.165) is 5.69 Å². The summed E-state index contributed by atoms with van der Waals surface area (Å²) in [6.45, 7) is 0. The SMILES string of the molecule is c1ccc(-n2c3ccccc3c3cc(-c4ccc5c(c4)c4ccccc4n5-c4cccc(-c5ccc(-c6cccc7ccccc67)cc5)c4)ccc32)cc1. The average Bonchev–Trinajstić information content (AvgIpc) is 3.76. The summed E-state index contributed by atoms with van der Waals surface area (Å²) >= 11 is 0. The topological polar surface area (TPSA) is 9.86 Å². The van der Waals surface area contributed by atoms with Gasteiger partial charge in [-0.25, -0.2) is 0 Å². The molecule has 0 saturated heterocycles. The van der Waals surface area contributed by atoms with Gasteiger partial charge in [-0.3, -0.25) is 0 Å². The molecule has 9 aromatic carbocycles. The summed E-state index contributed by atoms with van der Waals surface area (Å²) in [4.78, 5) is 0. The van der Waals surface area contributed by atoms with Gasteiger partial charge in [0.1, 0.15) is 0 Å². The summed E-state index contributed by atoms with van der Waals surface area (Å²) in [5.74, 6) is 0. The monoisotopic (exact) mass is 686 g/mol. The number of nitrogens with zero attached hydrogens (tertiary/aromatic N) is 2. The first-order valence-corrected chi connectivity index (χ1v) is 18.6. The van der Waals surface area contributed by atoms with Crippen LogP contribution >= 0.6 is 0 Å². The first-order valence-electron chi connectivity index (χ1n) is 18.6. The van der Waals surface area contributed by atoms with E-state index in [-0.39, 0.29) is 0 Å². The molecule has 252 valence electrons. The zero-order valence-corrected chi connectivity index (χ0v) is 29.5. The number of para-hydroxylation sites is 3. The molecule has 2 heterocycles. The molecule has 11 aromatic rings. The number of benzene rings is 9. The maximum Gasteiger partial charge on any atom is 0.0541 e. The molecule has 0 fully saturated rings. The smallest absolute Gasteiger partial charge is 0.0541 e. The van der Waals surface area contributed by atoms with Gasteiger partial charge in [0.05, 0.1) is 22.1 Å². The third kappa shape index (κ3) is 4.81. The van der Waals surface area contributed by atoms with Gasteiger partial charge in [0.25, 0.3) is 0 Å². The van der Waals surface area contributed by atoms with E-state index in [1.54, 1.807) is 0 Å². The van der Waals surface area contributed by atoms with Gasteiger partial charge in [-0.1, -0.05) is 146 Å². The Morgan fingerprint density at radius 1 is 0.241 bits per heavy atom. The molecule has 0 bridgehead atoms. The van der Waals surface area contributed by atoms with Crippen molar-refractivity contribution in [3.8, 4) is 44.8 Å². The van der Waals surface area contributed by atoms with E-state index in [2.05, 4.69) is 215 Å². The van der Waals surface area contributed by atoms with E-state index >= 15 is 0 Å². The zero-order chi connectivity index (χ0) is 35.6. The molecule has 0 N–H and O–H groups in total. The lowest BCUT2D eigenvalue weighted by molar-refractivity contribution is 1.18. The molecule has 0 unspecified atom stereocenters. The van der Waals surface area contributed by atoms with E-state index in [1.165, 1.54) is 93.5 Å². The van der Waals surface area contributed by atoms with Gasteiger partial charge >= 0.3 is 0 Å². The van der Waals surface area contributed by atoms with Crippen LogP contribution in [0.1, 0.15) is 0 Å². The Kier molecular flexibility index (Phi) is 6.90. The molecular formula is C52H34N2. The van der Waals surface area contributed by atoms with Crippen LogP contribution in [0.5, 0.6) is 0 Å². The molecule has 0 spiro atoms. The van der Waals surface area contributed by atoms with E-state index in [0.29, 0.717) is 0 Å². The lowest BCUT2D eigenvalue weighted by Gasteiger charge is -2.12. The van der Waals surface area contributed by atoms with Gasteiger partial charge in [0.15, 0.2) is 0 Å². The second-order valence-corrected chi connectivity index (χ2v) is 14.2. The van der Waals surface area contributed by atoms with Gasteiger partial charge in [0.2, 0.25) is 0 Å². The van der Waals surface area contributed by atoms with Crippen LogP contribution in [0, 0.1) is 0 Å². The van der Waals surface area contributed by atoms with Crippen LogP contribution < -0.4 is 0 Å². The highest BCUT2D eigenvalue weighted by atomic mass is 15.0. The highest BCUT2D eigenvalue weighted by molar-refractivity contribution is 6.12. The minimum Gasteiger partial charge on any atom is -0.309 e. The highest BCUT2D eigenvalue weighted by Crippen LogP contribution is 2.39. The van der Waals surface area contributed by atoms with Crippen molar-refractivity contribution in [1.29, 1.82) is 0 Å². The fourth-order valence-corrected chi connectivity index (χ4v) is 8.58. The molecule has 54 heavy (non-hydrogen) atoms. The Hall–Kier alpha value is -7.16. The average molecular weight is 687 g/mol. The van der Waals surface area contributed by atoms with E-state index < -0.39 is 0 Å². The van der Waals surface area contributed by atoms with Crippen molar-refractivity contribution >= 4 is 54.4 Å². The Balaban J connectivity index is 1.00. The maximum absolute atomic E-state index is 2.42. The van der Waals surface area contributed by atoms with Crippen molar-refractivity contribution in [1.82, 2.24) is 9.13 Å². The summed E-state index contributed by atoms with van der Waals surface area (Å²) in [7, 11) is 0. The molecule has 0 aliphatic rings. The van der Waals surface area contributed by atoms with Gasteiger partial charge < -0.3 is 9.13 Å². The Bertz CT molecular complexity index is 3190. The summed E-state index contributed by atoms with van der Waals surface area (Å²) in [5, 5.41) is 7.56. The predicted octanol–water partition coefficient (Wildman–Crippen LogP) is 14.0. The molecule has 0 aliphatic carbocycles. The molecule has 0 atom stereocenters. The first kappa shape index (κ1) is 30.5. The summed E-state index contributed by atoms with van der Waals surface area (Å²) in [5.41, 5.74) is 14.5. The van der Waals surface area contributed by atoms with Gasteiger partial charge in [-0.05, 0) is 105 Å². The molecular weight excluding hydrogens is 653 g/mol. The predicted molar refractivity (Wildman–Crippen MR) is 229 cm³/mol. The molecule has 2 nitrogen and oxygen atoms in total. The molecule has 2 heteroatoms. The number of hydrogen-bond donors (Lipinski definition) is 0. The van der Waals surface area contributed by atoms with Crippen molar-refractivity contribution in [2.24, 2.45) is 0 Å². The maximum atomic E-state index is 2.42. The summed E-state index contributed by atoms with van der Waals surface area (Å²) in [6.07, 6.45) is 0. The lowest BCUT2D eigenvalue weighted by atomic mass is 9.96. The third-order valence-electron chi connectivity index (χ3n) is 11.1. The quantitative estimate of drug-likeness (QED) is 0.171. The van der Waals surface area contributed by atoms with Crippen LogP contribution in [-0.2, 0) is 0 Å². The third-order valence-corrected chi connectivity index (χ3v) is 11.1. The van der Waals surface area contributed by atoms with E-state index in [1.807, 2.05) is 0 Å². The molecule has 0 saturated carbocycles. The standard InChI is InChI=1S/C52H34N2/c1-2-15-41(16-3-1)53-49-22-8-6-19-45(49)47-33-39(28-30-51(47)53)40-29-31-52-48(34-40)46-20-7-9-23-50(46)54(52)42-17-10-14-38(32-42)35-24-26-37(27-25-35)44-21-11-13-36-12-4-5-18-43(36)44/h1-34H. The molecule has 0 radical (unpaired) electrons. The summed E-state index contributed by atoms with van der Waals surface area (Å²) in [6, 6.07) is 75.2. The van der Waals surface area contributed by atoms with Crippen LogP contribution in [0.15, 0.2) is 206 Å². The van der Waals surface area contributed by atoms with Crippen molar-refractivity contribution in [3.63, 3.8) is 0 Å². The molecule has 0 amide bonds. The fourth-order valence-electron chi connectivity index (χ4n) is 8.58. The number of rotatable bonds is 5. The Labute approximate surface area is 313 Å². The number of hydrogen-bond acceptors (Lipinski definition) is 0. The van der Waals surface area contributed by atoms with E-state index in [9.17, 15) is 0 Å². The molecule has 11 rings (SSSR count). The second-order valence-electron chi connectivity index (χ2n) is 14.2. The van der Waals surface area contributed by atoms with Crippen LogP contribution in [0.4, 0.5) is 0 Å². The van der Waals surface area contributed by atoms with Gasteiger partial charge in [-0.2, -0.15) is 0 Å². The number of fused-ring (bicyclic) bond motifs is 7. The van der Waals surface area contributed by atoms with Crippen LogP contribution in [0.25, 0.3) is 99.1 Å². The minimum absolute atomic E-state index is 1.15. The second kappa shape index (κ2) is 12.2. The van der Waals surface area contributed by atoms with Gasteiger partial charge in [-0.15, -0.1) is 0 Å². The first-order chi connectivity index (χ1) is 26.8. The van der Waals surface area contributed by atoms with Crippen LogP contribution in [0.2, 0.25) is 0 Å². The van der Waals surface area contributed by atoms with Crippen molar-refractivity contribution in [3.05, 3.63) is 206 Å². The Morgan fingerprint density at radius 2 is 0.704 bits per heavy atom. The lowest BCUT2D eigenvalue weighted by Crippen LogP contribution is -1.94.